The predicted molar refractivity (Wildman–Crippen MR) is 625 cm³/mol. The molecule has 145 heavy (non-hydrogen) atoms. The monoisotopic (exact) mass is 1860 g/mol. The zero-order valence-corrected chi connectivity index (χ0v) is 83.1. The number of hydrogen-bond acceptors (Lipinski definition) is 1. The third-order valence-electron chi connectivity index (χ3n) is 33.8. The summed E-state index contributed by atoms with van der Waals surface area (Å²) in [6.45, 7) is 19.3. The molecule has 27 aromatic rings. The Morgan fingerprint density at radius 2 is 0.379 bits per heavy atom. The van der Waals surface area contributed by atoms with Crippen LogP contribution in [-0.2, 0) is 21.7 Å². The summed E-state index contributed by atoms with van der Waals surface area (Å²) >= 11 is 1.88. The highest BCUT2D eigenvalue weighted by Gasteiger charge is 2.44. The zero-order valence-electron chi connectivity index (χ0n) is 82.3. The van der Waals surface area contributed by atoms with Crippen molar-refractivity contribution in [3.8, 4) is 111 Å². The number of hydrogen-bond donors (Lipinski definition) is 0. The second-order valence-corrected chi connectivity index (χ2v) is 43.9. The summed E-state index contributed by atoms with van der Waals surface area (Å²) < 4.78 is 2.68. The van der Waals surface area contributed by atoms with Gasteiger partial charge >= 0.3 is 0 Å². The van der Waals surface area contributed by atoms with Crippen LogP contribution in [0.25, 0.3) is 261 Å². The fraction of sp³-hybridized carbons (Fsp3) is 0.0833. The van der Waals surface area contributed by atoms with Gasteiger partial charge in [0.25, 0.3) is 0 Å². The third-order valence-corrected chi connectivity index (χ3v) is 35.0. The first kappa shape index (κ1) is 84.9. The number of benzene rings is 26. The summed E-state index contributed by atoms with van der Waals surface area (Å²) in [4.78, 5) is 0. The summed E-state index contributed by atoms with van der Waals surface area (Å²) in [6, 6.07) is 173. The highest BCUT2D eigenvalue weighted by atomic mass is 32.1. The Hall–Kier alpha value is -16.9. The van der Waals surface area contributed by atoms with Crippen molar-refractivity contribution in [1.82, 2.24) is 0 Å². The van der Waals surface area contributed by atoms with Gasteiger partial charge in [-0.3, -0.25) is 0 Å². The molecule has 31 rings (SSSR count). The van der Waals surface area contributed by atoms with Crippen molar-refractivity contribution >= 4 is 161 Å². The minimum absolute atomic E-state index is 0.106. The van der Waals surface area contributed by atoms with Gasteiger partial charge in [0, 0.05) is 41.8 Å². The molecule has 26 aromatic carbocycles. The Balaban J connectivity index is 0.000000103. The molecule has 0 saturated heterocycles. The van der Waals surface area contributed by atoms with E-state index in [4.69, 9.17) is 0 Å². The largest absolute Gasteiger partial charge is 0.135 e. The van der Waals surface area contributed by atoms with Gasteiger partial charge < -0.3 is 0 Å². The van der Waals surface area contributed by atoms with Gasteiger partial charge in [-0.25, -0.2) is 0 Å². The van der Waals surface area contributed by atoms with E-state index in [9.17, 15) is 0 Å². The first-order chi connectivity index (χ1) is 71.0. The van der Waals surface area contributed by atoms with E-state index in [2.05, 4.69) is 516 Å². The molecule has 4 aliphatic carbocycles. The second kappa shape index (κ2) is 31.8. The molecule has 0 fully saturated rings. The highest BCUT2D eigenvalue weighted by molar-refractivity contribution is 7.25. The van der Waals surface area contributed by atoms with E-state index in [1.54, 1.807) is 0 Å². The van der Waals surface area contributed by atoms with Gasteiger partial charge in [-0.2, -0.15) is 0 Å². The van der Waals surface area contributed by atoms with E-state index in [1.807, 2.05) is 11.3 Å². The molecule has 0 atom stereocenters. The van der Waals surface area contributed by atoms with E-state index in [-0.39, 0.29) is 21.7 Å². The van der Waals surface area contributed by atoms with Crippen LogP contribution in [0, 0.1) is 0 Å². The molecule has 1 heteroatoms. The van der Waals surface area contributed by atoms with Crippen LogP contribution < -0.4 is 0 Å². The van der Waals surface area contributed by atoms with Crippen LogP contribution in [0.1, 0.15) is 99.9 Å². The molecule has 0 N–H and O–H groups in total. The van der Waals surface area contributed by atoms with Crippen molar-refractivity contribution in [2.75, 3.05) is 0 Å². The normalized spacial score (nSPS) is 14.0. The van der Waals surface area contributed by atoms with E-state index >= 15 is 0 Å². The Morgan fingerprint density at radius 1 is 0.131 bits per heavy atom. The molecular weight excluding hydrogens is 1760 g/mol. The summed E-state index contributed by atoms with van der Waals surface area (Å²) in [6.07, 6.45) is 0. The molecule has 1 aromatic heterocycles. The SMILES string of the molecule is CC1(C)c2ccc3ccccc3c2-c2cccc(-c3c4ccccc4c(-c4ccc5ccc6ccccc6c5c4)c4ccccc34)c21.CC1(C)c2ccc3ccccc3c2-c2cccc(-c3c4ccccc4c(-c4ccc5sc6ccccc6c5c4)c4ccccc34)c21.CC1(C)c2ccccc2-c2c1cc(-c1c3ccccc3c(-c3cccc4c3C(C)(C)c3ccc5ccccc5c3-4)c3ccccc13)c1ccccc21. The van der Waals surface area contributed by atoms with Crippen LogP contribution in [0.3, 0.4) is 0 Å². The molecule has 0 spiro atoms. The molecule has 0 amide bonds. The molecular formula is C144H100S. The van der Waals surface area contributed by atoms with Crippen LogP contribution in [-0.4, -0.2) is 0 Å². The van der Waals surface area contributed by atoms with Crippen molar-refractivity contribution in [3.05, 3.63) is 506 Å². The molecule has 4 aliphatic rings. The summed E-state index contributed by atoms with van der Waals surface area (Å²) in [7, 11) is 0. The van der Waals surface area contributed by atoms with E-state index < -0.39 is 0 Å². The van der Waals surface area contributed by atoms with E-state index in [0.29, 0.717) is 0 Å². The topological polar surface area (TPSA) is 0 Å². The van der Waals surface area contributed by atoms with Gasteiger partial charge in [0.1, 0.15) is 0 Å². The first-order valence-corrected chi connectivity index (χ1v) is 52.2. The van der Waals surface area contributed by atoms with Crippen molar-refractivity contribution in [3.63, 3.8) is 0 Å². The van der Waals surface area contributed by atoms with Crippen LogP contribution in [0.4, 0.5) is 0 Å². The summed E-state index contributed by atoms with van der Waals surface area (Å²) in [5.41, 5.74) is 37.5. The van der Waals surface area contributed by atoms with Gasteiger partial charge in [0.2, 0.25) is 0 Å². The maximum atomic E-state index is 2.54. The number of thiophene rings is 1. The molecule has 0 nitrogen and oxygen atoms in total. The molecule has 0 aliphatic heterocycles. The number of fused-ring (bicyclic) bond motifs is 32. The lowest BCUT2D eigenvalue weighted by atomic mass is 9.76. The quantitative estimate of drug-likeness (QED) is 0.115. The fourth-order valence-electron chi connectivity index (χ4n) is 27.5. The maximum absolute atomic E-state index is 2.54. The van der Waals surface area contributed by atoms with Crippen LogP contribution in [0.5, 0.6) is 0 Å². The standard InChI is InChI=1S/C52H38.C47H32.C45H30S/c1-51(2)43-27-14-13-24-39(43)49-34-19-8-7-18-33(34)42(30-45(49)51)47-37-22-11-9-20-35(37)46(36-21-10-12-23-38(36)47)40-25-15-26-41-48-32-17-6-5-16-31(32)28-29-44(48)52(3,4)50(40)41;1-47(2)42-27-26-30-13-4-6-15-34(30)45(42)40-21-11-20-39(46(40)47)44-37-18-9-7-16-35(37)43(36-17-8-10-19-38(36)44)32-25-24-31-23-22-29-12-3-5-14-33(29)41(31)28-32;1-45(2)38-24-22-27-12-3-4-13-29(27)43(38)36-20-11-19-35(44(36)45)42-33-17-7-5-15-31(33)41(32-16-6-8-18-34(32)42)28-23-25-40-37(26-28)30-14-9-10-21-39(30)46-40/h5-30H,1-4H3;3-28H,1-2H3;3-26H,1-2H3. The average Bonchev–Trinajstić information content (AvgIpc) is 1.55. The van der Waals surface area contributed by atoms with Crippen molar-refractivity contribution in [1.29, 1.82) is 0 Å². The number of rotatable bonds is 6. The Morgan fingerprint density at radius 3 is 0.772 bits per heavy atom. The molecule has 0 unspecified atom stereocenters. The van der Waals surface area contributed by atoms with Crippen LogP contribution >= 0.6 is 11.3 Å². The lowest BCUT2D eigenvalue weighted by molar-refractivity contribution is 0.661. The second-order valence-electron chi connectivity index (χ2n) is 42.8. The molecule has 0 radical (unpaired) electrons. The summed E-state index contributed by atoms with van der Waals surface area (Å²) in [5.74, 6) is 0. The van der Waals surface area contributed by atoms with Gasteiger partial charge in [-0.15, -0.1) is 11.3 Å². The van der Waals surface area contributed by atoms with Crippen molar-refractivity contribution < 1.29 is 0 Å². The van der Waals surface area contributed by atoms with E-state index in [0.717, 1.165) is 0 Å². The molecule has 682 valence electrons. The van der Waals surface area contributed by atoms with Gasteiger partial charge in [-0.05, 0) is 315 Å². The highest BCUT2D eigenvalue weighted by Crippen LogP contribution is 2.63. The molecule has 1 heterocycles. The van der Waals surface area contributed by atoms with Gasteiger partial charge in [0.05, 0.1) is 0 Å². The minimum atomic E-state index is -0.164. The Kier molecular flexibility index (Phi) is 18.6. The Labute approximate surface area is 848 Å². The lowest BCUT2D eigenvalue weighted by Gasteiger charge is -2.27. The van der Waals surface area contributed by atoms with Crippen LogP contribution in [0.2, 0.25) is 0 Å². The van der Waals surface area contributed by atoms with Gasteiger partial charge in [0.15, 0.2) is 0 Å². The first-order valence-electron chi connectivity index (χ1n) is 51.3. The molecule has 0 saturated carbocycles. The average molecular weight is 1860 g/mol. The lowest BCUT2D eigenvalue weighted by Crippen LogP contribution is -2.16. The van der Waals surface area contributed by atoms with Gasteiger partial charge in [-0.1, -0.05) is 486 Å². The smallest absolute Gasteiger partial charge is 0.0355 e. The zero-order chi connectivity index (χ0) is 96.8. The van der Waals surface area contributed by atoms with Crippen molar-refractivity contribution in [2.24, 2.45) is 0 Å². The van der Waals surface area contributed by atoms with Crippen molar-refractivity contribution in [2.45, 2.75) is 77.0 Å². The minimum Gasteiger partial charge on any atom is -0.135 e. The molecule has 0 bridgehead atoms. The third kappa shape index (κ3) is 12.3. The summed E-state index contributed by atoms with van der Waals surface area (Å²) in [5, 5.41) is 33.9. The van der Waals surface area contributed by atoms with Crippen LogP contribution in [0.15, 0.2) is 461 Å². The fourth-order valence-corrected chi connectivity index (χ4v) is 28.6. The Bertz CT molecular complexity index is 10200. The predicted octanol–water partition coefficient (Wildman–Crippen LogP) is 40.5. The van der Waals surface area contributed by atoms with E-state index in [1.165, 1.54) is 305 Å². The maximum Gasteiger partial charge on any atom is 0.0355 e.